The molecule has 0 aliphatic heterocycles. The SMILES string of the molecule is C[C@]12CCC(=O)C=C1CCC1C2C(O)C[C@@]2(C)C1CC[C@]2(O)C(=O)COC(=O)CCC(=O)NCc1ccc(C(=O)O)cc1. The van der Waals surface area contributed by atoms with E-state index in [1.807, 2.05) is 6.92 Å². The molecule has 0 heterocycles. The second-order valence-electron chi connectivity index (χ2n) is 13.3. The first-order valence-electron chi connectivity index (χ1n) is 15.2. The largest absolute Gasteiger partial charge is 0.478 e. The Labute approximate surface area is 250 Å². The Hall–Kier alpha value is -3.37. The first-order valence-corrected chi connectivity index (χ1v) is 15.2. The molecule has 4 unspecified atom stereocenters. The number of benzene rings is 1. The van der Waals surface area contributed by atoms with Gasteiger partial charge in [0.05, 0.1) is 18.1 Å². The van der Waals surface area contributed by atoms with Crippen LogP contribution in [0.1, 0.15) is 87.6 Å². The maximum atomic E-state index is 13.4. The number of fused-ring (bicyclic) bond motifs is 5. The summed E-state index contributed by atoms with van der Waals surface area (Å²) < 4.78 is 5.20. The molecule has 232 valence electrons. The monoisotopic (exact) mass is 595 g/mol. The zero-order chi connectivity index (χ0) is 31.2. The lowest BCUT2D eigenvalue weighted by molar-refractivity contribution is -0.184. The molecular weight excluding hydrogens is 554 g/mol. The molecule has 5 rings (SSSR count). The number of aromatic carboxylic acids is 1. The van der Waals surface area contributed by atoms with E-state index in [1.165, 1.54) is 12.1 Å². The van der Waals surface area contributed by atoms with Gasteiger partial charge in [-0.3, -0.25) is 19.2 Å². The number of aliphatic hydroxyl groups is 2. The number of hydrogen-bond acceptors (Lipinski definition) is 8. The van der Waals surface area contributed by atoms with Crippen LogP contribution in [0, 0.1) is 28.6 Å². The lowest BCUT2D eigenvalue weighted by Crippen LogP contribution is -2.62. The fourth-order valence-electron chi connectivity index (χ4n) is 8.76. The Morgan fingerprint density at radius 3 is 2.44 bits per heavy atom. The lowest BCUT2D eigenvalue weighted by Gasteiger charge is -2.60. The summed E-state index contributed by atoms with van der Waals surface area (Å²) in [5.74, 6) is -2.52. The molecule has 0 saturated heterocycles. The van der Waals surface area contributed by atoms with Gasteiger partial charge in [-0.2, -0.15) is 0 Å². The van der Waals surface area contributed by atoms with Crippen LogP contribution in [-0.4, -0.2) is 63.0 Å². The van der Waals surface area contributed by atoms with Crippen LogP contribution in [-0.2, 0) is 30.5 Å². The van der Waals surface area contributed by atoms with Crippen molar-refractivity contribution in [3.05, 3.63) is 47.0 Å². The molecule has 10 heteroatoms. The standard InChI is InChI=1S/C33H41NO9/c1-31-13-11-22(35)15-21(31)7-8-23-24-12-14-33(42,32(24,2)16-25(36)29(23)31)26(37)18-43-28(39)10-9-27(38)34-17-19-3-5-20(6-4-19)30(40)41/h3-6,15,23-25,29,36,42H,7-14,16-18H2,1-2H3,(H,34,38)(H,40,41)/t23?,24?,25?,29?,31-,32-,33-/m0/s1. The van der Waals surface area contributed by atoms with Gasteiger partial charge < -0.3 is 25.4 Å². The van der Waals surface area contributed by atoms with Crippen LogP contribution in [0.5, 0.6) is 0 Å². The third-order valence-corrected chi connectivity index (χ3v) is 11.1. The van der Waals surface area contributed by atoms with E-state index in [1.54, 1.807) is 18.2 Å². The van der Waals surface area contributed by atoms with Gasteiger partial charge in [0.25, 0.3) is 0 Å². The Bertz CT molecular complexity index is 1350. The molecule has 0 aromatic heterocycles. The van der Waals surface area contributed by atoms with Gasteiger partial charge in [0, 0.05) is 24.8 Å². The minimum absolute atomic E-state index is 0.0191. The molecule has 43 heavy (non-hydrogen) atoms. The second-order valence-corrected chi connectivity index (χ2v) is 13.3. The topological polar surface area (TPSA) is 167 Å². The van der Waals surface area contributed by atoms with E-state index < -0.39 is 47.4 Å². The molecule has 0 radical (unpaired) electrons. The summed E-state index contributed by atoms with van der Waals surface area (Å²) in [6.07, 6.45) is 4.51. The molecule has 0 spiro atoms. The minimum atomic E-state index is -1.74. The normalized spacial score (nSPS) is 34.7. The number of ketones is 2. The van der Waals surface area contributed by atoms with Crippen molar-refractivity contribution in [1.29, 1.82) is 0 Å². The van der Waals surface area contributed by atoms with Crippen molar-refractivity contribution in [3.8, 4) is 0 Å². The van der Waals surface area contributed by atoms with Crippen molar-refractivity contribution in [2.45, 2.75) is 89.9 Å². The average molecular weight is 596 g/mol. The highest BCUT2D eigenvalue weighted by Gasteiger charge is 2.68. The van der Waals surface area contributed by atoms with E-state index in [2.05, 4.69) is 12.2 Å². The Balaban J connectivity index is 1.14. The smallest absolute Gasteiger partial charge is 0.335 e. The van der Waals surface area contributed by atoms with Gasteiger partial charge in [-0.05, 0) is 85.5 Å². The maximum absolute atomic E-state index is 13.4. The summed E-state index contributed by atoms with van der Waals surface area (Å²) in [6.45, 7) is 3.59. The van der Waals surface area contributed by atoms with E-state index in [-0.39, 0.29) is 66.7 Å². The fourth-order valence-corrected chi connectivity index (χ4v) is 8.76. The summed E-state index contributed by atoms with van der Waals surface area (Å²) in [7, 11) is 0. The molecule has 10 nitrogen and oxygen atoms in total. The number of carbonyl (C=O) groups excluding carboxylic acids is 4. The van der Waals surface area contributed by atoms with Crippen LogP contribution >= 0.6 is 0 Å². The number of ether oxygens (including phenoxy) is 1. The van der Waals surface area contributed by atoms with E-state index in [0.717, 1.165) is 18.4 Å². The van der Waals surface area contributed by atoms with Gasteiger partial charge in [-0.15, -0.1) is 0 Å². The molecule has 1 aromatic carbocycles. The zero-order valence-corrected chi connectivity index (χ0v) is 24.8. The first kappa shape index (κ1) is 31.1. The lowest BCUT2D eigenvalue weighted by atomic mass is 9.45. The first-order chi connectivity index (χ1) is 20.3. The number of hydrogen-bond donors (Lipinski definition) is 4. The summed E-state index contributed by atoms with van der Waals surface area (Å²) in [5.41, 5.74) is -0.920. The van der Waals surface area contributed by atoms with Crippen molar-refractivity contribution in [2.24, 2.45) is 28.6 Å². The third kappa shape index (κ3) is 5.55. The molecule has 3 fully saturated rings. The van der Waals surface area contributed by atoms with E-state index in [4.69, 9.17) is 9.84 Å². The fraction of sp³-hybridized carbons (Fsp3) is 0.606. The van der Waals surface area contributed by atoms with Crippen LogP contribution in [0.3, 0.4) is 0 Å². The van der Waals surface area contributed by atoms with Crippen LogP contribution in [0.4, 0.5) is 0 Å². The third-order valence-electron chi connectivity index (χ3n) is 11.1. The van der Waals surface area contributed by atoms with Gasteiger partial charge in [0.15, 0.2) is 12.4 Å². The molecule has 4 aliphatic carbocycles. The maximum Gasteiger partial charge on any atom is 0.335 e. The number of nitrogens with one attached hydrogen (secondary N) is 1. The summed E-state index contributed by atoms with van der Waals surface area (Å²) in [5, 5.41) is 34.9. The van der Waals surface area contributed by atoms with E-state index in [9.17, 15) is 34.2 Å². The molecule has 4 N–H and O–H groups in total. The van der Waals surface area contributed by atoms with Crippen LogP contribution in [0.25, 0.3) is 0 Å². The van der Waals surface area contributed by atoms with Crippen LogP contribution in [0.15, 0.2) is 35.9 Å². The summed E-state index contributed by atoms with van der Waals surface area (Å²) >= 11 is 0. The number of carbonyl (C=O) groups is 5. The van der Waals surface area contributed by atoms with Crippen molar-refractivity contribution in [3.63, 3.8) is 0 Å². The molecule has 1 aromatic rings. The second kappa shape index (κ2) is 11.6. The number of aliphatic hydroxyl groups excluding tert-OH is 1. The Kier molecular flexibility index (Phi) is 8.39. The highest BCUT2D eigenvalue weighted by molar-refractivity contribution is 5.92. The zero-order valence-electron chi connectivity index (χ0n) is 24.8. The van der Waals surface area contributed by atoms with Crippen LogP contribution < -0.4 is 5.32 Å². The van der Waals surface area contributed by atoms with Gasteiger partial charge in [-0.1, -0.05) is 31.6 Å². The number of Topliss-reactive ketones (excluding diaryl/α,β-unsaturated/α-hetero) is 1. The number of esters is 1. The average Bonchev–Trinajstić information content (AvgIpc) is 3.24. The quantitative estimate of drug-likeness (QED) is 0.314. The van der Waals surface area contributed by atoms with Crippen molar-refractivity contribution < 1.29 is 44.0 Å². The predicted molar refractivity (Wildman–Crippen MR) is 153 cm³/mol. The number of rotatable bonds is 9. The number of carboxylic acids is 1. The summed E-state index contributed by atoms with van der Waals surface area (Å²) in [4.78, 5) is 61.1. The molecular formula is C33H41NO9. The summed E-state index contributed by atoms with van der Waals surface area (Å²) in [6, 6.07) is 6.06. The minimum Gasteiger partial charge on any atom is -0.478 e. The highest BCUT2D eigenvalue weighted by Crippen LogP contribution is 2.67. The van der Waals surface area contributed by atoms with Crippen molar-refractivity contribution >= 4 is 29.4 Å². The molecule has 3 saturated carbocycles. The predicted octanol–water partition coefficient (Wildman–Crippen LogP) is 3.13. The molecule has 4 aliphatic rings. The van der Waals surface area contributed by atoms with Gasteiger partial charge in [0.1, 0.15) is 5.60 Å². The van der Waals surface area contributed by atoms with Gasteiger partial charge in [-0.25, -0.2) is 4.79 Å². The molecule has 1 amide bonds. The van der Waals surface area contributed by atoms with Gasteiger partial charge in [0.2, 0.25) is 11.7 Å². The van der Waals surface area contributed by atoms with E-state index >= 15 is 0 Å². The highest BCUT2D eigenvalue weighted by atomic mass is 16.5. The Morgan fingerprint density at radius 2 is 1.74 bits per heavy atom. The number of allylic oxidation sites excluding steroid dienone is 1. The van der Waals surface area contributed by atoms with E-state index in [0.29, 0.717) is 24.8 Å². The number of carboxylic acid groups (broad SMARTS) is 1. The van der Waals surface area contributed by atoms with Crippen molar-refractivity contribution in [2.75, 3.05) is 6.61 Å². The molecule has 7 atom stereocenters. The van der Waals surface area contributed by atoms with Crippen molar-refractivity contribution in [1.82, 2.24) is 5.32 Å². The Morgan fingerprint density at radius 1 is 1.02 bits per heavy atom. The van der Waals surface area contributed by atoms with Crippen LogP contribution in [0.2, 0.25) is 0 Å². The number of amides is 1. The van der Waals surface area contributed by atoms with Gasteiger partial charge >= 0.3 is 11.9 Å². The molecule has 0 bridgehead atoms.